The van der Waals surface area contributed by atoms with Crippen LogP contribution in [0.1, 0.15) is 96.8 Å². The summed E-state index contributed by atoms with van der Waals surface area (Å²) in [5.41, 5.74) is 12.9. The number of nitrogens with two attached hydrogens (primary N) is 2. The molecule has 5 aliphatic rings. The summed E-state index contributed by atoms with van der Waals surface area (Å²) in [7, 11) is -3.15. The number of piperidine rings is 2. The Morgan fingerprint density at radius 2 is 1.60 bits per heavy atom. The van der Waals surface area contributed by atoms with Crippen molar-refractivity contribution in [3.05, 3.63) is 0 Å². The number of carbonyl (C=O) groups is 1. The summed E-state index contributed by atoms with van der Waals surface area (Å²) < 4.78 is 39.3. The molecular formula is C31H57FN6O3S. The normalized spacial score (nSPS) is 34.6. The second-order valence-electron chi connectivity index (χ2n) is 14.8. The largest absolute Gasteiger partial charge is 0.350 e. The molecule has 9 nitrogen and oxygen atoms in total. The van der Waals surface area contributed by atoms with Crippen LogP contribution in [0, 0.1) is 16.7 Å². The number of halogens is 1. The van der Waals surface area contributed by atoms with E-state index in [-0.39, 0.29) is 41.4 Å². The van der Waals surface area contributed by atoms with E-state index >= 15 is 4.39 Å². The average molecular weight is 613 g/mol. The Morgan fingerprint density at radius 1 is 0.952 bits per heavy atom. The van der Waals surface area contributed by atoms with E-state index in [1.165, 1.54) is 25.5 Å². The first kappa shape index (κ1) is 32.5. The van der Waals surface area contributed by atoms with Gasteiger partial charge in [-0.05, 0) is 82.1 Å². The van der Waals surface area contributed by atoms with Gasteiger partial charge in [0.05, 0.1) is 22.9 Å². The molecule has 5 unspecified atom stereocenters. The maximum atomic E-state index is 15.2. The average Bonchev–Trinajstić information content (AvgIpc) is 3.46. The van der Waals surface area contributed by atoms with Crippen molar-refractivity contribution in [2.24, 2.45) is 28.2 Å². The number of likely N-dealkylation sites (tertiary alicyclic amines) is 1. The molecule has 2 spiro atoms. The Morgan fingerprint density at radius 3 is 2.21 bits per heavy atom. The second-order valence-corrected chi connectivity index (χ2v) is 17.3. The third kappa shape index (κ3) is 6.16. The molecule has 0 aromatic rings. The van der Waals surface area contributed by atoms with Gasteiger partial charge >= 0.3 is 0 Å². The maximum Gasteiger partial charge on any atom is 0.227 e. The molecule has 0 radical (unpaired) electrons. The number of hydrogen-bond donors (Lipinski definition) is 5. The summed E-state index contributed by atoms with van der Waals surface area (Å²) >= 11 is 0. The van der Waals surface area contributed by atoms with Crippen LogP contribution in [0.5, 0.6) is 0 Å². The minimum atomic E-state index is -3.15. The highest BCUT2D eigenvalue weighted by Gasteiger charge is 2.60. The lowest BCUT2D eigenvalue weighted by Gasteiger charge is -2.58. The summed E-state index contributed by atoms with van der Waals surface area (Å²) in [6.45, 7) is 4.96. The van der Waals surface area contributed by atoms with E-state index in [0.29, 0.717) is 38.9 Å². The summed E-state index contributed by atoms with van der Waals surface area (Å²) in [6, 6.07) is -0.294. The zero-order valence-corrected chi connectivity index (χ0v) is 26.8. The fraction of sp³-hybridized carbons (Fsp3) is 0.968. The van der Waals surface area contributed by atoms with Crippen molar-refractivity contribution in [1.29, 1.82) is 0 Å². The molecule has 3 saturated heterocycles. The highest BCUT2D eigenvalue weighted by molar-refractivity contribution is 7.92. The quantitative estimate of drug-likeness (QED) is 0.288. The number of carbonyl (C=O) groups excluding carboxylic acids is 1. The van der Waals surface area contributed by atoms with Gasteiger partial charge in [-0.2, -0.15) is 0 Å². The standard InChI is InChI=1S/C31H57FN6O3S/c1-29(42(2,40)41)15-18-38(19-16-29)24-9-17-35-21-23(24)37-28(39)25(27(33)34)26-31(12-6-7-13-31)30(10-4-3-5-11-30)14-8-22(32)20-36-26/h22-27,35-36H,3-21,33-34H2,1-2H3,(H,37,39). The monoisotopic (exact) mass is 612 g/mol. The second kappa shape index (κ2) is 12.9. The molecule has 42 heavy (non-hydrogen) atoms. The number of amides is 1. The van der Waals surface area contributed by atoms with Gasteiger partial charge in [-0.25, -0.2) is 12.8 Å². The smallest absolute Gasteiger partial charge is 0.227 e. The van der Waals surface area contributed by atoms with Crippen molar-refractivity contribution in [2.45, 2.75) is 132 Å². The fourth-order valence-corrected chi connectivity index (χ4v) is 10.7. The van der Waals surface area contributed by atoms with Crippen LogP contribution in [0.3, 0.4) is 0 Å². The molecule has 0 bridgehead atoms. The number of nitrogens with one attached hydrogen (secondary N) is 3. The van der Waals surface area contributed by atoms with Crippen LogP contribution < -0.4 is 27.4 Å². The van der Waals surface area contributed by atoms with Crippen LogP contribution in [0.25, 0.3) is 0 Å². The van der Waals surface area contributed by atoms with Gasteiger partial charge in [-0.15, -0.1) is 0 Å². The molecule has 1 amide bonds. The number of rotatable bonds is 6. The molecule has 0 aromatic heterocycles. The van der Waals surface area contributed by atoms with Crippen molar-refractivity contribution < 1.29 is 17.6 Å². The Labute approximate surface area is 253 Å². The predicted molar refractivity (Wildman–Crippen MR) is 165 cm³/mol. The minimum Gasteiger partial charge on any atom is -0.350 e. The number of alkyl halides is 1. The molecule has 5 atom stereocenters. The predicted octanol–water partition coefficient (Wildman–Crippen LogP) is 2.19. The Hall–Kier alpha value is -0.850. The Bertz CT molecular complexity index is 1040. The van der Waals surface area contributed by atoms with Gasteiger partial charge in [0, 0.05) is 44.5 Å². The third-order valence-electron chi connectivity index (χ3n) is 12.5. The molecule has 5 rings (SSSR count). The van der Waals surface area contributed by atoms with E-state index in [2.05, 4.69) is 20.9 Å². The molecule has 7 N–H and O–H groups in total. The van der Waals surface area contributed by atoms with Gasteiger partial charge in [0.15, 0.2) is 9.84 Å². The zero-order chi connectivity index (χ0) is 30.2. The van der Waals surface area contributed by atoms with E-state index in [1.807, 2.05) is 6.92 Å². The molecule has 2 aliphatic carbocycles. The molecular weight excluding hydrogens is 555 g/mol. The Kier molecular flexibility index (Phi) is 9.97. The van der Waals surface area contributed by atoms with Gasteiger partial charge in [0.2, 0.25) is 5.91 Å². The molecule has 242 valence electrons. The first-order chi connectivity index (χ1) is 19.9. The highest BCUT2D eigenvalue weighted by Crippen LogP contribution is 2.63. The third-order valence-corrected chi connectivity index (χ3v) is 14.7. The molecule has 5 fully saturated rings. The Balaban J connectivity index is 1.38. The first-order valence-electron chi connectivity index (χ1n) is 16.7. The summed E-state index contributed by atoms with van der Waals surface area (Å²) in [5, 5.41) is 10.4. The molecule has 0 aromatic carbocycles. The van der Waals surface area contributed by atoms with E-state index in [9.17, 15) is 13.2 Å². The molecule has 3 aliphatic heterocycles. The van der Waals surface area contributed by atoms with Crippen molar-refractivity contribution in [1.82, 2.24) is 20.9 Å². The van der Waals surface area contributed by atoms with Crippen LogP contribution in [-0.4, -0.2) is 93.4 Å². The van der Waals surface area contributed by atoms with Gasteiger partial charge in [0.25, 0.3) is 0 Å². The van der Waals surface area contributed by atoms with Gasteiger partial charge in [-0.3, -0.25) is 9.69 Å². The molecule has 2 saturated carbocycles. The lowest BCUT2D eigenvalue weighted by atomic mass is 9.49. The SMILES string of the molecule is CC1(S(C)(=O)=O)CCN(C2CCNCC2NC(=O)C(C(N)N)C2NCC(F)CCC3(CCCCC3)C23CCCC3)CC1. The van der Waals surface area contributed by atoms with E-state index in [1.54, 1.807) is 0 Å². The lowest BCUT2D eigenvalue weighted by molar-refractivity contribution is -0.134. The van der Waals surface area contributed by atoms with Gasteiger partial charge in [0.1, 0.15) is 6.17 Å². The number of hydrogen-bond acceptors (Lipinski definition) is 8. The van der Waals surface area contributed by atoms with E-state index < -0.39 is 32.8 Å². The van der Waals surface area contributed by atoms with Crippen molar-refractivity contribution in [3.63, 3.8) is 0 Å². The van der Waals surface area contributed by atoms with E-state index in [4.69, 9.17) is 11.5 Å². The fourth-order valence-electron chi connectivity index (χ4n) is 9.81. The van der Waals surface area contributed by atoms with E-state index in [0.717, 1.165) is 57.9 Å². The highest BCUT2D eigenvalue weighted by atomic mass is 32.2. The lowest BCUT2D eigenvalue weighted by Crippen LogP contribution is -2.68. The summed E-state index contributed by atoms with van der Waals surface area (Å²) in [6.07, 6.45) is 13.2. The van der Waals surface area contributed by atoms with Crippen molar-refractivity contribution >= 4 is 15.7 Å². The van der Waals surface area contributed by atoms with Crippen molar-refractivity contribution in [2.75, 3.05) is 39.0 Å². The molecule has 11 heteroatoms. The number of sulfone groups is 1. The zero-order valence-electron chi connectivity index (χ0n) is 26.0. The molecule has 3 heterocycles. The number of fused-ring (bicyclic) bond motifs is 1. The minimum absolute atomic E-state index is 0.0204. The van der Waals surface area contributed by atoms with Crippen LogP contribution in [-0.2, 0) is 14.6 Å². The van der Waals surface area contributed by atoms with Crippen molar-refractivity contribution in [3.8, 4) is 0 Å². The van der Waals surface area contributed by atoms with Crippen LogP contribution >= 0.6 is 0 Å². The van der Waals surface area contributed by atoms with Gasteiger partial charge in [-0.1, -0.05) is 32.1 Å². The first-order valence-corrected chi connectivity index (χ1v) is 18.6. The van der Waals surface area contributed by atoms with Crippen LogP contribution in [0.2, 0.25) is 0 Å². The van der Waals surface area contributed by atoms with Crippen LogP contribution in [0.4, 0.5) is 4.39 Å². The number of nitrogens with zero attached hydrogens (tertiary/aromatic N) is 1. The summed E-state index contributed by atoms with van der Waals surface area (Å²) in [5.74, 6) is -0.794. The maximum absolute atomic E-state index is 15.2. The summed E-state index contributed by atoms with van der Waals surface area (Å²) in [4.78, 5) is 16.7. The topological polar surface area (TPSA) is 143 Å². The van der Waals surface area contributed by atoms with Gasteiger partial charge < -0.3 is 27.4 Å². The van der Waals surface area contributed by atoms with Crippen LogP contribution in [0.15, 0.2) is 0 Å².